The largest absolute Gasteiger partial charge is 0.350 e. The lowest BCUT2D eigenvalue weighted by molar-refractivity contribution is -0.137. The number of aryl methyl sites for hydroxylation is 1. The molecular formula is C25H21FN2O2. The maximum absolute atomic E-state index is 13.3. The standard InChI is InChI=1S/C25H21FN2O2/c1-16-7-6-10-21(17(16)2)27-23-22(19-8-4-3-5-9-19)24(29)28(25(23)30)15-18-11-13-20(26)14-12-18/h3-14,27H,15H2,1-2H3. The quantitative estimate of drug-likeness (QED) is 0.624. The van der Waals surface area contributed by atoms with E-state index in [1.165, 1.54) is 17.0 Å². The molecule has 0 saturated heterocycles. The lowest BCUT2D eigenvalue weighted by atomic mass is 10.0. The number of benzene rings is 3. The van der Waals surface area contributed by atoms with Crippen LogP contribution in [0.25, 0.3) is 5.57 Å². The molecule has 0 saturated carbocycles. The number of carbonyl (C=O) groups excluding carboxylic acids is 2. The van der Waals surface area contributed by atoms with Gasteiger partial charge in [-0.1, -0.05) is 54.6 Å². The molecule has 0 radical (unpaired) electrons. The van der Waals surface area contributed by atoms with Gasteiger partial charge in [0.2, 0.25) is 0 Å². The molecule has 150 valence electrons. The smallest absolute Gasteiger partial charge is 0.278 e. The van der Waals surface area contributed by atoms with Gasteiger partial charge in [-0.25, -0.2) is 4.39 Å². The Bertz CT molecular complexity index is 1150. The molecule has 0 unspecified atom stereocenters. The van der Waals surface area contributed by atoms with Crippen molar-refractivity contribution in [3.05, 3.63) is 107 Å². The number of nitrogens with zero attached hydrogens (tertiary/aromatic N) is 1. The van der Waals surface area contributed by atoms with E-state index in [2.05, 4.69) is 5.32 Å². The third-order valence-corrected chi connectivity index (χ3v) is 5.35. The summed E-state index contributed by atoms with van der Waals surface area (Å²) in [5, 5.41) is 3.21. The van der Waals surface area contributed by atoms with E-state index >= 15 is 0 Å². The molecule has 2 amide bonds. The first-order valence-corrected chi connectivity index (χ1v) is 9.69. The van der Waals surface area contributed by atoms with Gasteiger partial charge in [0, 0.05) is 5.69 Å². The molecule has 5 heteroatoms. The molecule has 0 bridgehead atoms. The summed E-state index contributed by atoms with van der Waals surface area (Å²) < 4.78 is 13.2. The van der Waals surface area contributed by atoms with Crippen LogP contribution in [0.1, 0.15) is 22.3 Å². The molecule has 0 aliphatic carbocycles. The SMILES string of the molecule is Cc1cccc(NC2=C(c3ccccc3)C(=O)N(Cc3ccc(F)cc3)C2=O)c1C. The van der Waals surface area contributed by atoms with Crippen LogP contribution in [0, 0.1) is 19.7 Å². The number of amides is 2. The summed E-state index contributed by atoms with van der Waals surface area (Å²) >= 11 is 0. The van der Waals surface area contributed by atoms with E-state index < -0.39 is 5.91 Å². The molecule has 4 rings (SSSR count). The van der Waals surface area contributed by atoms with Crippen LogP contribution < -0.4 is 5.32 Å². The normalized spacial score (nSPS) is 13.9. The van der Waals surface area contributed by atoms with Crippen LogP contribution in [0.3, 0.4) is 0 Å². The Morgan fingerprint density at radius 1 is 0.833 bits per heavy atom. The maximum atomic E-state index is 13.3. The minimum Gasteiger partial charge on any atom is -0.350 e. The van der Waals surface area contributed by atoms with E-state index in [-0.39, 0.29) is 24.0 Å². The molecule has 0 atom stereocenters. The van der Waals surface area contributed by atoms with E-state index in [1.54, 1.807) is 12.1 Å². The van der Waals surface area contributed by atoms with E-state index in [0.717, 1.165) is 16.8 Å². The maximum Gasteiger partial charge on any atom is 0.278 e. The van der Waals surface area contributed by atoms with Crippen molar-refractivity contribution in [1.82, 2.24) is 4.90 Å². The number of carbonyl (C=O) groups is 2. The summed E-state index contributed by atoms with van der Waals surface area (Å²) in [7, 11) is 0. The number of rotatable bonds is 5. The second-order valence-corrected chi connectivity index (χ2v) is 7.31. The third-order valence-electron chi connectivity index (χ3n) is 5.35. The minimum atomic E-state index is -0.399. The molecule has 1 N–H and O–H groups in total. The first-order chi connectivity index (χ1) is 14.5. The molecule has 4 nitrogen and oxygen atoms in total. The van der Waals surface area contributed by atoms with Crippen molar-refractivity contribution in [2.45, 2.75) is 20.4 Å². The van der Waals surface area contributed by atoms with Crippen molar-refractivity contribution in [2.24, 2.45) is 0 Å². The molecule has 0 spiro atoms. The lowest BCUT2D eigenvalue weighted by Gasteiger charge is -2.16. The summed E-state index contributed by atoms with van der Waals surface area (Å²) in [5.41, 5.74) is 4.81. The fraction of sp³-hybridized carbons (Fsp3) is 0.120. The lowest BCUT2D eigenvalue weighted by Crippen LogP contribution is -2.32. The second-order valence-electron chi connectivity index (χ2n) is 7.31. The van der Waals surface area contributed by atoms with Gasteiger partial charge in [0.1, 0.15) is 11.5 Å². The van der Waals surface area contributed by atoms with Crippen molar-refractivity contribution >= 4 is 23.1 Å². The fourth-order valence-corrected chi connectivity index (χ4v) is 3.50. The number of halogens is 1. The monoisotopic (exact) mass is 400 g/mol. The van der Waals surface area contributed by atoms with E-state index in [4.69, 9.17) is 0 Å². The van der Waals surface area contributed by atoms with Crippen LogP contribution in [0.15, 0.2) is 78.5 Å². The predicted molar refractivity (Wildman–Crippen MR) is 115 cm³/mol. The molecule has 3 aromatic rings. The Morgan fingerprint density at radius 3 is 2.23 bits per heavy atom. The van der Waals surface area contributed by atoms with Gasteiger partial charge < -0.3 is 5.32 Å². The average Bonchev–Trinajstić information content (AvgIpc) is 2.98. The van der Waals surface area contributed by atoms with Gasteiger partial charge in [0.05, 0.1) is 12.1 Å². The Kier molecular flexibility index (Phi) is 5.19. The fourth-order valence-electron chi connectivity index (χ4n) is 3.50. The van der Waals surface area contributed by atoms with Crippen LogP contribution in [0.2, 0.25) is 0 Å². The van der Waals surface area contributed by atoms with Crippen LogP contribution in [0.5, 0.6) is 0 Å². The van der Waals surface area contributed by atoms with Gasteiger partial charge in [0.15, 0.2) is 0 Å². The summed E-state index contributed by atoms with van der Waals surface area (Å²) in [6.07, 6.45) is 0. The summed E-state index contributed by atoms with van der Waals surface area (Å²) in [5.74, 6) is -1.13. The van der Waals surface area contributed by atoms with Gasteiger partial charge in [-0.05, 0) is 54.3 Å². The number of hydrogen-bond acceptors (Lipinski definition) is 3. The molecule has 30 heavy (non-hydrogen) atoms. The van der Waals surface area contributed by atoms with Crippen molar-refractivity contribution in [1.29, 1.82) is 0 Å². The summed E-state index contributed by atoms with van der Waals surface area (Å²) in [6.45, 7) is 4.04. The van der Waals surface area contributed by atoms with E-state index in [0.29, 0.717) is 16.7 Å². The Morgan fingerprint density at radius 2 is 1.53 bits per heavy atom. The first-order valence-electron chi connectivity index (χ1n) is 9.69. The van der Waals surface area contributed by atoms with Gasteiger partial charge in [-0.2, -0.15) is 0 Å². The topological polar surface area (TPSA) is 49.4 Å². The molecule has 0 fully saturated rings. The van der Waals surface area contributed by atoms with Gasteiger partial charge in [-0.3, -0.25) is 14.5 Å². The first kappa shape index (κ1) is 19.6. The Labute approximate surface area is 174 Å². The minimum absolute atomic E-state index is 0.0757. The zero-order chi connectivity index (χ0) is 21.3. The van der Waals surface area contributed by atoms with Crippen molar-refractivity contribution in [2.75, 3.05) is 5.32 Å². The van der Waals surface area contributed by atoms with Crippen molar-refractivity contribution in [3.8, 4) is 0 Å². The predicted octanol–water partition coefficient (Wildman–Crippen LogP) is 4.83. The summed E-state index contributed by atoms with van der Waals surface area (Å²) in [6, 6.07) is 20.7. The number of anilines is 1. The van der Waals surface area contributed by atoms with E-state index in [1.807, 2.05) is 62.4 Å². The average molecular weight is 400 g/mol. The highest BCUT2D eigenvalue weighted by atomic mass is 19.1. The number of imide groups is 1. The van der Waals surface area contributed by atoms with Crippen molar-refractivity contribution in [3.63, 3.8) is 0 Å². The van der Waals surface area contributed by atoms with Gasteiger partial charge in [0.25, 0.3) is 11.8 Å². The van der Waals surface area contributed by atoms with Crippen LogP contribution >= 0.6 is 0 Å². The molecule has 1 aliphatic heterocycles. The van der Waals surface area contributed by atoms with Gasteiger partial charge in [-0.15, -0.1) is 0 Å². The highest BCUT2D eigenvalue weighted by Crippen LogP contribution is 2.32. The molecule has 3 aromatic carbocycles. The highest BCUT2D eigenvalue weighted by Gasteiger charge is 2.39. The second kappa shape index (κ2) is 7.95. The van der Waals surface area contributed by atoms with Crippen LogP contribution in [-0.2, 0) is 16.1 Å². The van der Waals surface area contributed by atoms with Crippen LogP contribution in [0.4, 0.5) is 10.1 Å². The molecule has 1 aliphatic rings. The van der Waals surface area contributed by atoms with Gasteiger partial charge >= 0.3 is 0 Å². The highest BCUT2D eigenvalue weighted by molar-refractivity contribution is 6.36. The zero-order valence-electron chi connectivity index (χ0n) is 16.8. The molecular weight excluding hydrogens is 379 g/mol. The number of hydrogen-bond donors (Lipinski definition) is 1. The number of nitrogens with one attached hydrogen (secondary N) is 1. The Hall–Kier alpha value is -3.73. The molecule has 1 heterocycles. The molecule has 0 aromatic heterocycles. The van der Waals surface area contributed by atoms with Crippen LogP contribution in [-0.4, -0.2) is 16.7 Å². The zero-order valence-corrected chi connectivity index (χ0v) is 16.8. The summed E-state index contributed by atoms with van der Waals surface area (Å²) in [4.78, 5) is 27.8. The third kappa shape index (κ3) is 3.62. The van der Waals surface area contributed by atoms with Crippen molar-refractivity contribution < 1.29 is 14.0 Å². The Balaban J connectivity index is 1.75. The van der Waals surface area contributed by atoms with E-state index in [9.17, 15) is 14.0 Å².